The van der Waals surface area contributed by atoms with Gasteiger partial charge in [0.25, 0.3) is 11.8 Å². The maximum Gasteiger partial charge on any atom is 0.326 e. The number of amides is 4. The van der Waals surface area contributed by atoms with Crippen molar-refractivity contribution in [1.29, 1.82) is 0 Å². The molecule has 0 bridgehead atoms. The number of carbonyl (C=O) groups excluding carboxylic acids is 4. The normalized spacial score (nSPS) is 25.1. The highest BCUT2D eigenvalue weighted by Gasteiger charge is 2.53. The number of aryl methyl sites for hydroxylation is 1. The van der Waals surface area contributed by atoms with Crippen molar-refractivity contribution in [2.24, 2.45) is 11.3 Å². The van der Waals surface area contributed by atoms with Crippen LogP contribution in [-0.4, -0.2) is 54.0 Å². The molecule has 1 aliphatic carbocycles. The molecule has 8 nitrogen and oxygen atoms in total. The van der Waals surface area contributed by atoms with Gasteiger partial charge in [0.2, 0.25) is 0 Å². The van der Waals surface area contributed by atoms with Crippen molar-refractivity contribution in [3.8, 4) is 0 Å². The second-order valence-electron chi connectivity index (χ2n) is 10.5. The maximum atomic E-state index is 13.1. The molecule has 1 aromatic rings. The predicted octanol–water partition coefficient (Wildman–Crippen LogP) is 3.04. The van der Waals surface area contributed by atoms with E-state index in [1.54, 1.807) is 4.90 Å². The lowest BCUT2D eigenvalue weighted by Gasteiger charge is -2.40. The number of ether oxygens (including phenoxy) is 1. The van der Waals surface area contributed by atoms with Crippen molar-refractivity contribution in [3.63, 3.8) is 0 Å². The van der Waals surface area contributed by atoms with Crippen molar-refractivity contribution in [1.82, 2.24) is 10.2 Å². The van der Waals surface area contributed by atoms with Crippen LogP contribution in [-0.2, 0) is 25.5 Å². The van der Waals surface area contributed by atoms with Gasteiger partial charge in [-0.2, -0.15) is 0 Å². The number of hydrogen-bond donors (Lipinski definition) is 1. The first-order valence-electron chi connectivity index (χ1n) is 11.8. The Labute approximate surface area is 194 Å². The number of hydrogen-bond acceptors (Lipinski definition) is 5. The van der Waals surface area contributed by atoms with Crippen LogP contribution in [0.5, 0.6) is 0 Å². The third-order valence-corrected chi connectivity index (χ3v) is 7.36. The molecular weight excluding hydrogens is 422 g/mol. The summed E-state index contributed by atoms with van der Waals surface area (Å²) in [6.07, 6.45) is 4.58. The van der Waals surface area contributed by atoms with Gasteiger partial charge in [0, 0.05) is 12.2 Å². The second kappa shape index (κ2) is 8.80. The molecule has 2 fully saturated rings. The van der Waals surface area contributed by atoms with Crippen LogP contribution < -0.4 is 10.2 Å². The Balaban J connectivity index is 1.32. The molecule has 178 valence electrons. The molecule has 33 heavy (non-hydrogen) atoms. The summed E-state index contributed by atoms with van der Waals surface area (Å²) in [5, 5.41) is 2.83. The Morgan fingerprint density at radius 3 is 2.55 bits per heavy atom. The lowest BCUT2D eigenvalue weighted by Crippen LogP contribution is -2.50. The number of carbonyl (C=O) groups is 4. The summed E-state index contributed by atoms with van der Waals surface area (Å²) in [6.45, 7) is 6.23. The van der Waals surface area contributed by atoms with Crippen LogP contribution in [0.4, 0.5) is 10.5 Å². The van der Waals surface area contributed by atoms with Gasteiger partial charge in [-0.25, -0.2) is 4.79 Å². The maximum absolute atomic E-state index is 13.1. The van der Waals surface area contributed by atoms with Crippen molar-refractivity contribution < 1.29 is 23.9 Å². The third kappa shape index (κ3) is 4.61. The molecule has 0 atom stereocenters. The summed E-state index contributed by atoms with van der Waals surface area (Å²) in [7, 11) is 0. The Bertz CT molecular complexity index is 959. The highest BCUT2D eigenvalue weighted by atomic mass is 16.5. The monoisotopic (exact) mass is 455 g/mol. The van der Waals surface area contributed by atoms with Gasteiger partial charge < -0.3 is 15.0 Å². The summed E-state index contributed by atoms with van der Waals surface area (Å²) in [4.78, 5) is 53.2. The highest BCUT2D eigenvalue weighted by molar-refractivity contribution is 6.08. The first-order valence-corrected chi connectivity index (χ1v) is 11.8. The van der Waals surface area contributed by atoms with Gasteiger partial charge in [-0.15, -0.1) is 0 Å². The van der Waals surface area contributed by atoms with Crippen LogP contribution in [0, 0.1) is 11.3 Å². The van der Waals surface area contributed by atoms with E-state index in [-0.39, 0.29) is 17.2 Å². The predicted molar refractivity (Wildman–Crippen MR) is 122 cm³/mol. The standard InChI is InChI=1S/C25H33N3O5/c1-24(2,3)18-10-12-25(13-11-18)22(31)28(23(32)26-25)15-21(30)33-16-20(29)27-14-6-8-17-7-4-5-9-19(17)27/h4-5,7,9,18H,6,8,10-16H2,1-3H3,(H,26,32). The molecule has 0 unspecified atom stereocenters. The molecule has 8 heteroatoms. The third-order valence-electron chi connectivity index (χ3n) is 7.36. The molecule has 1 saturated heterocycles. The van der Waals surface area contributed by atoms with Gasteiger partial charge in [-0.1, -0.05) is 39.0 Å². The average Bonchev–Trinajstić information content (AvgIpc) is 3.00. The number of anilines is 1. The van der Waals surface area contributed by atoms with E-state index in [0.717, 1.165) is 41.8 Å². The van der Waals surface area contributed by atoms with Crippen molar-refractivity contribution in [3.05, 3.63) is 29.8 Å². The molecule has 2 heterocycles. The van der Waals surface area contributed by atoms with Gasteiger partial charge in [0.15, 0.2) is 6.61 Å². The lowest BCUT2D eigenvalue weighted by molar-refractivity contribution is -0.150. The Morgan fingerprint density at radius 2 is 1.85 bits per heavy atom. The number of rotatable bonds is 4. The first-order chi connectivity index (χ1) is 15.6. The van der Waals surface area contributed by atoms with Crippen molar-refractivity contribution in [2.45, 2.75) is 64.8 Å². The number of urea groups is 1. The quantitative estimate of drug-likeness (QED) is 0.556. The minimum absolute atomic E-state index is 0.151. The van der Waals surface area contributed by atoms with Crippen LogP contribution in [0.3, 0.4) is 0 Å². The summed E-state index contributed by atoms with van der Waals surface area (Å²) in [5.74, 6) is -0.965. The number of nitrogens with one attached hydrogen (secondary N) is 1. The fourth-order valence-electron chi connectivity index (χ4n) is 5.32. The molecule has 3 aliphatic rings. The van der Waals surface area contributed by atoms with Gasteiger partial charge in [-0.3, -0.25) is 19.3 Å². The number of esters is 1. The SMILES string of the molecule is CC(C)(C)C1CCC2(CC1)NC(=O)N(CC(=O)OCC(=O)N1CCCc3ccccc31)C2=O. The van der Waals surface area contributed by atoms with Crippen LogP contribution >= 0.6 is 0 Å². The molecular formula is C25H33N3O5. The number of benzene rings is 1. The van der Waals surface area contributed by atoms with E-state index < -0.39 is 30.7 Å². The van der Waals surface area contributed by atoms with E-state index >= 15 is 0 Å². The van der Waals surface area contributed by atoms with Gasteiger partial charge >= 0.3 is 12.0 Å². The van der Waals surface area contributed by atoms with E-state index in [0.29, 0.717) is 25.3 Å². The first kappa shape index (κ1) is 23.3. The second-order valence-corrected chi connectivity index (χ2v) is 10.5. The van der Waals surface area contributed by atoms with Crippen LogP contribution in [0.15, 0.2) is 24.3 Å². The number of fused-ring (bicyclic) bond motifs is 1. The Morgan fingerprint density at radius 1 is 1.15 bits per heavy atom. The summed E-state index contributed by atoms with van der Waals surface area (Å²) < 4.78 is 5.16. The smallest absolute Gasteiger partial charge is 0.326 e. The van der Waals surface area contributed by atoms with Crippen LogP contribution in [0.2, 0.25) is 0 Å². The molecule has 1 N–H and O–H groups in total. The number of imide groups is 1. The fourth-order valence-corrected chi connectivity index (χ4v) is 5.32. The zero-order chi connectivity index (χ0) is 23.8. The summed E-state index contributed by atoms with van der Waals surface area (Å²) >= 11 is 0. The Hall–Kier alpha value is -2.90. The summed E-state index contributed by atoms with van der Waals surface area (Å²) in [6, 6.07) is 7.12. The van der Waals surface area contributed by atoms with Gasteiger partial charge in [0.05, 0.1) is 0 Å². The van der Waals surface area contributed by atoms with E-state index in [2.05, 4.69) is 26.1 Å². The largest absolute Gasteiger partial charge is 0.454 e. The fraction of sp³-hybridized carbons (Fsp3) is 0.600. The minimum atomic E-state index is -0.924. The molecule has 4 rings (SSSR count). The molecule has 2 aliphatic heterocycles. The minimum Gasteiger partial charge on any atom is -0.454 e. The molecule has 1 saturated carbocycles. The average molecular weight is 456 g/mol. The van der Waals surface area contributed by atoms with Crippen LogP contribution in [0.1, 0.15) is 58.4 Å². The van der Waals surface area contributed by atoms with Crippen molar-refractivity contribution >= 4 is 29.5 Å². The number of para-hydroxylation sites is 1. The summed E-state index contributed by atoms with van der Waals surface area (Å²) in [5.41, 5.74) is 1.16. The topological polar surface area (TPSA) is 96.0 Å². The van der Waals surface area contributed by atoms with Gasteiger partial charge in [0.1, 0.15) is 12.1 Å². The van der Waals surface area contributed by atoms with E-state index in [1.807, 2.05) is 24.3 Å². The molecule has 1 aromatic carbocycles. The number of nitrogens with zero attached hydrogens (tertiary/aromatic N) is 2. The van der Waals surface area contributed by atoms with E-state index in [9.17, 15) is 19.2 Å². The highest BCUT2D eigenvalue weighted by Crippen LogP contribution is 2.43. The lowest BCUT2D eigenvalue weighted by atomic mass is 9.67. The molecule has 0 radical (unpaired) electrons. The van der Waals surface area contributed by atoms with Gasteiger partial charge in [-0.05, 0) is 61.5 Å². The zero-order valence-corrected chi connectivity index (χ0v) is 19.7. The molecule has 1 spiro atoms. The zero-order valence-electron chi connectivity index (χ0n) is 19.7. The molecule has 4 amide bonds. The van der Waals surface area contributed by atoms with E-state index in [1.165, 1.54) is 0 Å². The Kier molecular flexibility index (Phi) is 6.20. The van der Waals surface area contributed by atoms with Crippen LogP contribution in [0.25, 0.3) is 0 Å². The van der Waals surface area contributed by atoms with E-state index in [4.69, 9.17) is 4.74 Å². The molecule has 0 aromatic heterocycles. The van der Waals surface area contributed by atoms with Crippen molar-refractivity contribution in [2.75, 3.05) is 24.6 Å².